The van der Waals surface area contributed by atoms with Crippen molar-refractivity contribution in [3.63, 3.8) is 0 Å². The molecule has 0 aromatic heterocycles. The lowest BCUT2D eigenvalue weighted by Gasteiger charge is -2.10. The van der Waals surface area contributed by atoms with Crippen molar-refractivity contribution in [3.8, 4) is 0 Å². The Labute approximate surface area is 96.5 Å². The van der Waals surface area contributed by atoms with Crippen LogP contribution in [0, 0.1) is 0 Å². The minimum atomic E-state index is -0.789. The highest BCUT2D eigenvalue weighted by Gasteiger charge is 2.05. The predicted molar refractivity (Wildman–Crippen MR) is 65.8 cm³/mol. The van der Waals surface area contributed by atoms with E-state index < -0.39 is 5.97 Å². The molecule has 1 aromatic carbocycles. The van der Waals surface area contributed by atoms with Crippen LogP contribution in [0.5, 0.6) is 0 Å². The molecule has 0 atom stereocenters. The Morgan fingerprint density at radius 2 is 2.06 bits per heavy atom. The highest BCUT2D eigenvalue weighted by Crippen LogP contribution is 2.15. The first-order valence-electron chi connectivity index (χ1n) is 5.77. The Morgan fingerprint density at radius 3 is 2.75 bits per heavy atom. The van der Waals surface area contributed by atoms with Crippen LogP contribution in [0.15, 0.2) is 24.3 Å². The van der Waals surface area contributed by atoms with Crippen LogP contribution < -0.4 is 5.32 Å². The number of benzene rings is 1. The molecule has 0 aliphatic carbocycles. The van der Waals surface area contributed by atoms with E-state index in [1.807, 2.05) is 24.3 Å². The van der Waals surface area contributed by atoms with Crippen molar-refractivity contribution in [1.82, 2.24) is 0 Å². The summed E-state index contributed by atoms with van der Waals surface area (Å²) >= 11 is 0. The summed E-state index contributed by atoms with van der Waals surface area (Å²) in [6.45, 7) is 3.07. The summed E-state index contributed by atoms with van der Waals surface area (Å²) in [7, 11) is 0. The van der Waals surface area contributed by atoms with Gasteiger partial charge in [-0.05, 0) is 18.1 Å². The zero-order chi connectivity index (χ0) is 11.8. The zero-order valence-corrected chi connectivity index (χ0v) is 9.70. The minimum Gasteiger partial charge on any atom is -0.481 e. The van der Waals surface area contributed by atoms with Gasteiger partial charge in [-0.2, -0.15) is 0 Å². The SMILES string of the molecule is CCCCCNc1ccccc1CC(=O)O. The summed E-state index contributed by atoms with van der Waals surface area (Å²) in [6, 6.07) is 7.59. The Hall–Kier alpha value is -1.51. The average Bonchev–Trinajstić information content (AvgIpc) is 2.26. The second-order valence-corrected chi connectivity index (χ2v) is 3.86. The molecule has 0 heterocycles. The Morgan fingerprint density at radius 1 is 1.31 bits per heavy atom. The van der Waals surface area contributed by atoms with Crippen LogP contribution in [-0.2, 0) is 11.2 Å². The van der Waals surface area contributed by atoms with Gasteiger partial charge in [0.1, 0.15) is 0 Å². The topological polar surface area (TPSA) is 49.3 Å². The van der Waals surface area contributed by atoms with Crippen molar-refractivity contribution < 1.29 is 9.90 Å². The highest BCUT2D eigenvalue weighted by molar-refractivity contribution is 5.73. The van der Waals surface area contributed by atoms with Gasteiger partial charge in [0.05, 0.1) is 6.42 Å². The van der Waals surface area contributed by atoms with Gasteiger partial charge in [0, 0.05) is 12.2 Å². The molecule has 2 N–H and O–H groups in total. The third-order valence-electron chi connectivity index (χ3n) is 2.45. The second kappa shape index (κ2) is 6.88. The molecule has 0 aliphatic heterocycles. The summed E-state index contributed by atoms with van der Waals surface area (Å²) in [4.78, 5) is 10.7. The number of unbranched alkanes of at least 4 members (excludes halogenated alkanes) is 2. The standard InChI is InChI=1S/C13H19NO2/c1-2-3-6-9-14-12-8-5-4-7-11(12)10-13(15)16/h4-5,7-8,14H,2-3,6,9-10H2,1H3,(H,15,16). The molecule has 0 spiro atoms. The van der Waals surface area contributed by atoms with E-state index in [9.17, 15) is 4.79 Å². The van der Waals surface area contributed by atoms with E-state index in [0.717, 1.165) is 24.2 Å². The summed E-state index contributed by atoms with van der Waals surface area (Å²) in [5.74, 6) is -0.789. The molecule has 0 aliphatic rings. The lowest BCUT2D eigenvalue weighted by molar-refractivity contribution is -0.136. The van der Waals surface area contributed by atoms with Crippen LogP contribution >= 0.6 is 0 Å². The van der Waals surface area contributed by atoms with E-state index in [-0.39, 0.29) is 6.42 Å². The van der Waals surface area contributed by atoms with E-state index >= 15 is 0 Å². The smallest absolute Gasteiger partial charge is 0.307 e. The number of para-hydroxylation sites is 1. The van der Waals surface area contributed by atoms with E-state index in [2.05, 4.69) is 12.2 Å². The maximum atomic E-state index is 10.7. The molecule has 0 saturated carbocycles. The molecule has 16 heavy (non-hydrogen) atoms. The molecule has 3 heteroatoms. The Balaban J connectivity index is 2.53. The molecule has 0 bridgehead atoms. The van der Waals surface area contributed by atoms with Gasteiger partial charge >= 0.3 is 5.97 Å². The van der Waals surface area contributed by atoms with Gasteiger partial charge in [-0.15, -0.1) is 0 Å². The first kappa shape index (κ1) is 12.6. The van der Waals surface area contributed by atoms with Crippen molar-refractivity contribution >= 4 is 11.7 Å². The molecule has 1 aromatic rings. The van der Waals surface area contributed by atoms with Crippen LogP contribution in [-0.4, -0.2) is 17.6 Å². The molecule has 0 radical (unpaired) electrons. The molecule has 0 amide bonds. The molecule has 3 nitrogen and oxygen atoms in total. The van der Waals surface area contributed by atoms with Crippen LogP contribution in [0.3, 0.4) is 0 Å². The largest absolute Gasteiger partial charge is 0.481 e. The lowest BCUT2D eigenvalue weighted by Crippen LogP contribution is -2.07. The predicted octanol–water partition coefficient (Wildman–Crippen LogP) is 2.92. The van der Waals surface area contributed by atoms with Crippen molar-refractivity contribution in [2.45, 2.75) is 32.6 Å². The van der Waals surface area contributed by atoms with Gasteiger partial charge in [0.15, 0.2) is 0 Å². The number of hydrogen-bond donors (Lipinski definition) is 2. The Kier molecular flexibility index (Phi) is 5.40. The van der Waals surface area contributed by atoms with Gasteiger partial charge in [-0.25, -0.2) is 0 Å². The molecular weight excluding hydrogens is 202 g/mol. The number of carboxylic acid groups (broad SMARTS) is 1. The normalized spacial score (nSPS) is 10.1. The third kappa shape index (κ3) is 4.34. The maximum Gasteiger partial charge on any atom is 0.307 e. The Bertz CT molecular complexity index is 336. The maximum absolute atomic E-state index is 10.7. The molecule has 0 saturated heterocycles. The molecule has 0 fully saturated rings. The number of hydrogen-bond acceptors (Lipinski definition) is 2. The quantitative estimate of drug-likeness (QED) is 0.696. The fraction of sp³-hybridized carbons (Fsp3) is 0.462. The first-order chi connectivity index (χ1) is 7.74. The van der Waals surface area contributed by atoms with Crippen molar-refractivity contribution in [3.05, 3.63) is 29.8 Å². The fourth-order valence-corrected chi connectivity index (χ4v) is 1.61. The molecule has 0 unspecified atom stereocenters. The fourth-order valence-electron chi connectivity index (χ4n) is 1.61. The lowest BCUT2D eigenvalue weighted by atomic mass is 10.1. The van der Waals surface area contributed by atoms with Gasteiger partial charge in [-0.3, -0.25) is 4.79 Å². The van der Waals surface area contributed by atoms with Crippen LogP contribution in [0.2, 0.25) is 0 Å². The van der Waals surface area contributed by atoms with E-state index in [0.29, 0.717) is 0 Å². The number of rotatable bonds is 7. The minimum absolute atomic E-state index is 0.0803. The van der Waals surface area contributed by atoms with E-state index in [4.69, 9.17) is 5.11 Å². The number of carbonyl (C=O) groups is 1. The van der Waals surface area contributed by atoms with Crippen molar-refractivity contribution in [2.75, 3.05) is 11.9 Å². The van der Waals surface area contributed by atoms with E-state index in [1.54, 1.807) is 0 Å². The molecular formula is C13H19NO2. The van der Waals surface area contributed by atoms with Crippen molar-refractivity contribution in [2.24, 2.45) is 0 Å². The molecule has 1 rings (SSSR count). The van der Waals surface area contributed by atoms with Gasteiger partial charge in [0.2, 0.25) is 0 Å². The van der Waals surface area contributed by atoms with Gasteiger partial charge in [-0.1, -0.05) is 38.0 Å². The highest BCUT2D eigenvalue weighted by atomic mass is 16.4. The average molecular weight is 221 g/mol. The summed E-state index contributed by atoms with van der Waals surface area (Å²) in [5.41, 5.74) is 1.80. The number of aliphatic carboxylic acids is 1. The van der Waals surface area contributed by atoms with Crippen molar-refractivity contribution in [1.29, 1.82) is 0 Å². The summed E-state index contributed by atoms with van der Waals surface area (Å²) < 4.78 is 0. The number of carboxylic acids is 1. The van der Waals surface area contributed by atoms with Gasteiger partial charge in [0.25, 0.3) is 0 Å². The number of anilines is 1. The van der Waals surface area contributed by atoms with Crippen LogP contribution in [0.25, 0.3) is 0 Å². The van der Waals surface area contributed by atoms with Crippen LogP contribution in [0.4, 0.5) is 5.69 Å². The summed E-state index contributed by atoms with van der Waals surface area (Å²) in [5, 5.41) is 12.1. The molecule has 88 valence electrons. The van der Waals surface area contributed by atoms with E-state index in [1.165, 1.54) is 12.8 Å². The zero-order valence-electron chi connectivity index (χ0n) is 9.70. The first-order valence-corrected chi connectivity index (χ1v) is 5.77. The number of nitrogens with one attached hydrogen (secondary N) is 1. The monoisotopic (exact) mass is 221 g/mol. The van der Waals surface area contributed by atoms with Gasteiger partial charge < -0.3 is 10.4 Å². The second-order valence-electron chi connectivity index (χ2n) is 3.86. The van der Waals surface area contributed by atoms with Crippen LogP contribution in [0.1, 0.15) is 31.7 Å². The third-order valence-corrected chi connectivity index (χ3v) is 2.45. The summed E-state index contributed by atoms with van der Waals surface area (Å²) in [6.07, 6.45) is 3.60.